The number of hydrogen-bond donors (Lipinski definition) is 0. The second-order valence-corrected chi connectivity index (χ2v) is 17.4. The second-order valence-electron chi connectivity index (χ2n) is 17.4. The maximum absolute atomic E-state index is 11.7. The van der Waals surface area contributed by atoms with E-state index in [2.05, 4.69) is 13.8 Å². The number of ether oxygens (including phenoxy) is 4. The first kappa shape index (κ1) is 62.8. The number of hydrogen-bond acceptors (Lipinski definition) is 10. The maximum atomic E-state index is 11.7. The number of carbonyl (C=O) groups is 4. The van der Waals surface area contributed by atoms with Gasteiger partial charge in [0.15, 0.2) is 0 Å². The van der Waals surface area contributed by atoms with Gasteiger partial charge in [0.1, 0.15) is 12.2 Å². The van der Waals surface area contributed by atoms with Crippen LogP contribution in [-0.2, 0) is 51.3 Å². The Kier molecular flexibility index (Phi) is 42.8. The first-order valence-corrected chi connectivity index (χ1v) is 25.1. The zero-order valence-electron chi connectivity index (χ0n) is 41.1. The van der Waals surface area contributed by atoms with Crippen LogP contribution in [0.5, 0.6) is 0 Å². The van der Waals surface area contributed by atoms with Gasteiger partial charge in [-0.1, -0.05) is 190 Å². The van der Waals surface area contributed by atoms with Crippen molar-refractivity contribution >= 4 is 72.8 Å². The Morgan fingerprint density at radius 3 is 0.985 bits per heavy atom. The van der Waals surface area contributed by atoms with Gasteiger partial charge in [-0.25, -0.2) is 0 Å². The van der Waals surface area contributed by atoms with E-state index < -0.39 is 11.9 Å². The molecule has 65 heavy (non-hydrogen) atoms. The molecule has 0 N–H and O–H groups in total. The molecular formula is C54H86BaO10. The molecule has 0 saturated carbocycles. The molecule has 4 atom stereocenters. The Hall–Kier alpha value is -2.19. The van der Waals surface area contributed by atoms with Crippen molar-refractivity contribution in [1.29, 1.82) is 0 Å². The molecule has 0 aliphatic heterocycles. The third kappa shape index (κ3) is 38.5. The van der Waals surface area contributed by atoms with Gasteiger partial charge in [0.05, 0.1) is 25.4 Å². The van der Waals surface area contributed by atoms with Gasteiger partial charge < -0.3 is 38.7 Å². The number of carboxylic acids is 2. The number of rotatable bonds is 40. The molecule has 0 spiro atoms. The molecule has 0 heterocycles. The van der Waals surface area contributed by atoms with Crippen LogP contribution in [0.4, 0.5) is 0 Å². The number of carboxylic acid groups (broad SMARTS) is 2. The van der Waals surface area contributed by atoms with Crippen molar-refractivity contribution in [1.82, 2.24) is 0 Å². The molecule has 2 aromatic carbocycles. The van der Waals surface area contributed by atoms with E-state index in [0.29, 0.717) is 38.9 Å². The van der Waals surface area contributed by atoms with Gasteiger partial charge in [0.25, 0.3) is 0 Å². The molecule has 2 aromatic rings. The molecule has 11 heteroatoms. The van der Waals surface area contributed by atoms with Gasteiger partial charge in [-0.3, -0.25) is 9.59 Å². The summed E-state index contributed by atoms with van der Waals surface area (Å²) in [6.07, 6.45) is 26.5. The summed E-state index contributed by atoms with van der Waals surface area (Å²) in [6.45, 7) is 8.33. The number of aliphatic carboxylic acids is 2. The topological polar surface area (TPSA) is 151 Å². The fraction of sp³-hybridized carbons (Fsp3) is 0.704. The number of benzene rings is 2. The van der Waals surface area contributed by atoms with Crippen molar-refractivity contribution in [2.75, 3.05) is 0 Å². The summed E-state index contributed by atoms with van der Waals surface area (Å²) < 4.78 is 23.8. The molecule has 2 rings (SSSR count). The van der Waals surface area contributed by atoms with Crippen LogP contribution in [0.3, 0.4) is 0 Å². The summed E-state index contributed by atoms with van der Waals surface area (Å²) >= 11 is 0. The molecule has 0 amide bonds. The van der Waals surface area contributed by atoms with Crippen LogP contribution >= 0.6 is 0 Å². The van der Waals surface area contributed by atoms with Gasteiger partial charge in [0, 0.05) is 25.8 Å². The van der Waals surface area contributed by atoms with Gasteiger partial charge in [-0.2, -0.15) is 0 Å². The Balaban J connectivity index is 0.00000124. The molecule has 0 saturated heterocycles. The van der Waals surface area contributed by atoms with Crippen molar-refractivity contribution in [3.05, 3.63) is 71.8 Å². The van der Waals surface area contributed by atoms with Crippen LogP contribution in [0.1, 0.15) is 219 Å². The van der Waals surface area contributed by atoms with Crippen LogP contribution in [0.2, 0.25) is 0 Å². The molecule has 10 nitrogen and oxygen atoms in total. The number of unbranched alkanes of at least 4 members (excludes halogenated alkanes) is 18. The smallest absolute Gasteiger partial charge is 0.550 e. The van der Waals surface area contributed by atoms with Crippen molar-refractivity contribution in [2.45, 2.75) is 245 Å². The summed E-state index contributed by atoms with van der Waals surface area (Å²) in [4.78, 5) is 44.7. The van der Waals surface area contributed by atoms with Crippen LogP contribution in [0.15, 0.2) is 60.7 Å². The van der Waals surface area contributed by atoms with E-state index >= 15 is 0 Å². The number of esters is 2. The van der Waals surface area contributed by atoms with E-state index in [0.717, 1.165) is 75.3 Å². The van der Waals surface area contributed by atoms with Crippen molar-refractivity contribution in [3.8, 4) is 0 Å². The molecule has 0 fully saturated rings. The van der Waals surface area contributed by atoms with Gasteiger partial charge in [-0.15, -0.1) is 0 Å². The molecule has 0 bridgehead atoms. The van der Waals surface area contributed by atoms with Crippen molar-refractivity contribution in [3.63, 3.8) is 0 Å². The largest absolute Gasteiger partial charge is 2.00 e. The Morgan fingerprint density at radius 1 is 0.415 bits per heavy atom. The predicted molar refractivity (Wildman–Crippen MR) is 258 cm³/mol. The standard InChI is InChI=1S/2C27H44O5.Ba/c2*1-3-4-5-6-7-8-9-14-19-25(31-22-24-17-12-10-13-18-24)26(32-23(2)28)20-15-11-16-21-27(29)30;/h2*10,12-13,17-18,25-26H,3-9,11,14-16,19-22H2,1-2H3,(H,29,30);/q;;+2/p-2. The molecule has 364 valence electrons. The molecular weight excluding hydrogens is 946 g/mol. The second kappa shape index (κ2) is 44.3. The summed E-state index contributed by atoms with van der Waals surface area (Å²) in [5, 5.41) is 21.2. The minimum atomic E-state index is -1.01. The summed E-state index contributed by atoms with van der Waals surface area (Å²) in [5.74, 6) is -2.62. The molecule has 0 aliphatic rings. The summed E-state index contributed by atoms with van der Waals surface area (Å²) in [7, 11) is 0. The summed E-state index contributed by atoms with van der Waals surface area (Å²) in [6, 6.07) is 20.1. The summed E-state index contributed by atoms with van der Waals surface area (Å²) in [5.41, 5.74) is 2.20. The molecule has 0 aliphatic carbocycles. The predicted octanol–water partition coefficient (Wildman–Crippen LogP) is 11.1. The van der Waals surface area contributed by atoms with Gasteiger partial charge in [0.2, 0.25) is 0 Å². The Labute approximate surface area is 434 Å². The Morgan fingerprint density at radius 2 is 0.692 bits per heavy atom. The molecule has 0 radical (unpaired) electrons. The monoisotopic (exact) mass is 1030 g/mol. The van der Waals surface area contributed by atoms with Crippen LogP contribution in [0.25, 0.3) is 0 Å². The number of carbonyl (C=O) groups excluding carboxylic acids is 4. The third-order valence-electron chi connectivity index (χ3n) is 11.5. The normalized spacial score (nSPS) is 12.7. The quantitative estimate of drug-likeness (QED) is 0.0358. The minimum absolute atomic E-state index is 0. The van der Waals surface area contributed by atoms with Crippen molar-refractivity contribution < 1.29 is 48.3 Å². The fourth-order valence-corrected chi connectivity index (χ4v) is 7.92. The minimum Gasteiger partial charge on any atom is -0.550 e. The SMILES string of the molecule is CCCCCCCCCCC(OCc1ccccc1)C(CCCCCC(=O)[O-])OC(C)=O.CCCCCCCCCCC(OCc1ccccc1)C(CCCCCC(=O)[O-])OC(C)=O.[Ba+2]. The molecule has 4 unspecified atom stereocenters. The average Bonchev–Trinajstić information content (AvgIpc) is 3.27. The first-order valence-electron chi connectivity index (χ1n) is 25.1. The molecule has 0 aromatic heterocycles. The van der Waals surface area contributed by atoms with Crippen LogP contribution in [0, 0.1) is 0 Å². The van der Waals surface area contributed by atoms with E-state index in [9.17, 15) is 29.4 Å². The van der Waals surface area contributed by atoms with E-state index in [4.69, 9.17) is 18.9 Å². The zero-order chi connectivity index (χ0) is 46.9. The third-order valence-corrected chi connectivity index (χ3v) is 11.5. The first-order chi connectivity index (χ1) is 31.0. The van der Waals surface area contributed by atoms with E-state index in [1.165, 1.54) is 90.9 Å². The van der Waals surface area contributed by atoms with E-state index in [1.807, 2.05) is 60.7 Å². The maximum Gasteiger partial charge on any atom is 2.00 e. The van der Waals surface area contributed by atoms with Crippen LogP contribution < -0.4 is 10.2 Å². The van der Waals surface area contributed by atoms with Gasteiger partial charge >= 0.3 is 60.8 Å². The Bertz CT molecular complexity index is 1320. The fourth-order valence-electron chi connectivity index (χ4n) is 7.92. The average molecular weight is 1030 g/mol. The zero-order valence-corrected chi connectivity index (χ0v) is 45.5. The van der Waals surface area contributed by atoms with Crippen molar-refractivity contribution in [2.24, 2.45) is 0 Å². The van der Waals surface area contributed by atoms with Gasteiger partial charge in [-0.05, 0) is 75.3 Å². The van der Waals surface area contributed by atoms with E-state index in [-0.39, 0.29) is 98.1 Å². The van der Waals surface area contributed by atoms with E-state index in [1.54, 1.807) is 0 Å². The van der Waals surface area contributed by atoms with Crippen LogP contribution in [-0.4, -0.2) is 97.2 Å².